The summed E-state index contributed by atoms with van der Waals surface area (Å²) in [6.45, 7) is 0.846. The molecule has 11 heteroatoms. The Morgan fingerprint density at radius 2 is 2.09 bits per heavy atom. The van der Waals surface area contributed by atoms with Crippen LogP contribution in [-0.2, 0) is 0 Å². The number of aromatic amines is 1. The minimum Gasteiger partial charge on any atom is -0.348 e. The van der Waals surface area contributed by atoms with Crippen LogP contribution in [0.1, 0.15) is 47.9 Å². The summed E-state index contributed by atoms with van der Waals surface area (Å²) in [4.78, 5) is 23.9. The first-order chi connectivity index (χ1) is 16.2. The molecule has 1 aliphatic carbocycles. The number of carbonyl (C=O) groups excluding carboxylic acids is 1. The zero-order valence-corrected chi connectivity index (χ0v) is 19.3. The zero-order chi connectivity index (χ0) is 22.4. The number of hydrogen-bond acceptors (Lipinski definition) is 7. The van der Waals surface area contributed by atoms with Gasteiger partial charge in [-0.1, -0.05) is 6.07 Å². The molecule has 4 aromatic heterocycles. The average molecular weight is 508 g/mol. The molecular formula is C22H22BrN9O. The Bertz CT molecular complexity index is 1310. The summed E-state index contributed by atoms with van der Waals surface area (Å²) in [7, 11) is 0. The molecule has 5 heterocycles. The molecule has 2 fully saturated rings. The van der Waals surface area contributed by atoms with Gasteiger partial charge in [0.25, 0.3) is 5.91 Å². The second kappa shape index (κ2) is 8.14. The van der Waals surface area contributed by atoms with Gasteiger partial charge >= 0.3 is 0 Å². The summed E-state index contributed by atoms with van der Waals surface area (Å²) in [5.74, 6) is 1.59. The highest BCUT2D eigenvalue weighted by Gasteiger charge is 2.30. The zero-order valence-electron chi connectivity index (χ0n) is 17.7. The van der Waals surface area contributed by atoms with Gasteiger partial charge in [-0.3, -0.25) is 14.9 Å². The van der Waals surface area contributed by atoms with Gasteiger partial charge in [-0.05, 0) is 65.9 Å². The van der Waals surface area contributed by atoms with Crippen molar-refractivity contribution >= 4 is 44.9 Å². The van der Waals surface area contributed by atoms with Crippen molar-refractivity contribution in [2.24, 2.45) is 0 Å². The maximum atomic E-state index is 12.3. The predicted molar refractivity (Wildman–Crippen MR) is 127 cm³/mol. The van der Waals surface area contributed by atoms with Crippen LogP contribution < -0.4 is 15.5 Å². The summed E-state index contributed by atoms with van der Waals surface area (Å²) in [6.07, 6.45) is 5.92. The average Bonchev–Trinajstić information content (AvgIpc) is 3.20. The summed E-state index contributed by atoms with van der Waals surface area (Å²) < 4.78 is 2.63. The molecule has 0 radical (unpaired) electrons. The summed E-state index contributed by atoms with van der Waals surface area (Å²) in [6, 6.07) is 11.9. The van der Waals surface area contributed by atoms with Gasteiger partial charge in [-0.2, -0.15) is 10.1 Å². The van der Waals surface area contributed by atoms with E-state index in [-0.39, 0.29) is 18.0 Å². The molecule has 1 saturated heterocycles. The molecule has 1 aliphatic heterocycles. The molecule has 1 saturated carbocycles. The predicted octanol–water partition coefficient (Wildman–Crippen LogP) is 3.59. The number of anilines is 3. The maximum absolute atomic E-state index is 12.3. The van der Waals surface area contributed by atoms with Crippen LogP contribution in [0.3, 0.4) is 0 Å². The van der Waals surface area contributed by atoms with Crippen LogP contribution in [0.5, 0.6) is 0 Å². The standard InChI is InChI=1S/C22H22BrN9O/c23-18-9-8-17-20(26-19-12-15(28-29-19)21(33)25-13-6-7-13)27-22(30-32(17)18)31-11-3-5-16(31)14-4-1-2-10-24-14/h1-2,4,8-10,12-13,16H,3,5-7,11H2,(H,25,33)(H2,26,27,28,29,30). The number of carbonyl (C=O) groups is 1. The molecule has 1 amide bonds. The highest BCUT2D eigenvalue weighted by Crippen LogP contribution is 2.35. The minimum absolute atomic E-state index is 0.119. The van der Waals surface area contributed by atoms with Crippen molar-refractivity contribution in [3.05, 3.63) is 58.6 Å². The van der Waals surface area contributed by atoms with Crippen LogP contribution in [0.2, 0.25) is 0 Å². The van der Waals surface area contributed by atoms with E-state index in [4.69, 9.17) is 10.1 Å². The number of H-pyrrole nitrogens is 1. The largest absolute Gasteiger partial charge is 0.348 e. The molecule has 2 aliphatic rings. The third-order valence-corrected chi connectivity index (χ3v) is 6.57. The van der Waals surface area contributed by atoms with Crippen molar-refractivity contribution in [3.63, 3.8) is 0 Å². The first-order valence-electron chi connectivity index (χ1n) is 11.0. The van der Waals surface area contributed by atoms with Gasteiger partial charge in [0, 0.05) is 24.8 Å². The fourth-order valence-corrected chi connectivity index (χ4v) is 4.57. The highest BCUT2D eigenvalue weighted by molar-refractivity contribution is 9.10. The fourth-order valence-electron chi connectivity index (χ4n) is 4.17. The molecule has 6 rings (SSSR count). The third kappa shape index (κ3) is 3.92. The lowest BCUT2D eigenvalue weighted by atomic mass is 10.1. The van der Waals surface area contributed by atoms with Gasteiger partial charge < -0.3 is 15.5 Å². The quantitative estimate of drug-likeness (QED) is 0.365. The van der Waals surface area contributed by atoms with Gasteiger partial charge in [0.05, 0.1) is 11.7 Å². The first kappa shape index (κ1) is 20.2. The summed E-state index contributed by atoms with van der Waals surface area (Å²) in [5.41, 5.74) is 2.23. The molecule has 10 nitrogen and oxygen atoms in total. The molecule has 3 N–H and O–H groups in total. The van der Waals surface area contributed by atoms with Crippen LogP contribution in [0, 0.1) is 0 Å². The van der Waals surface area contributed by atoms with E-state index in [2.05, 4.69) is 46.6 Å². The summed E-state index contributed by atoms with van der Waals surface area (Å²) in [5, 5.41) is 18.1. The van der Waals surface area contributed by atoms with Crippen LogP contribution in [-0.4, -0.2) is 48.3 Å². The summed E-state index contributed by atoms with van der Waals surface area (Å²) >= 11 is 3.58. The molecule has 33 heavy (non-hydrogen) atoms. The number of rotatable bonds is 6. The number of aromatic nitrogens is 6. The second-order valence-corrected chi connectivity index (χ2v) is 9.17. The van der Waals surface area contributed by atoms with Crippen molar-refractivity contribution < 1.29 is 4.79 Å². The lowest BCUT2D eigenvalue weighted by Gasteiger charge is -2.24. The number of nitrogens with zero attached hydrogens (tertiary/aromatic N) is 6. The Hall–Kier alpha value is -3.47. The molecule has 0 bridgehead atoms. The highest BCUT2D eigenvalue weighted by atomic mass is 79.9. The van der Waals surface area contributed by atoms with Crippen LogP contribution >= 0.6 is 15.9 Å². The Morgan fingerprint density at radius 3 is 2.91 bits per heavy atom. The number of hydrogen-bond donors (Lipinski definition) is 3. The van der Waals surface area contributed by atoms with Crippen molar-refractivity contribution in [1.29, 1.82) is 0 Å². The van der Waals surface area contributed by atoms with E-state index in [9.17, 15) is 4.79 Å². The van der Waals surface area contributed by atoms with E-state index in [0.717, 1.165) is 48.0 Å². The number of nitrogens with one attached hydrogen (secondary N) is 3. The van der Waals surface area contributed by atoms with E-state index in [1.165, 1.54) is 0 Å². The monoisotopic (exact) mass is 507 g/mol. The molecule has 0 aromatic carbocycles. The lowest BCUT2D eigenvalue weighted by Crippen LogP contribution is -2.26. The Kier molecular flexibility index (Phi) is 4.97. The Balaban J connectivity index is 1.33. The smallest absolute Gasteiger partial charge is 0.269 e. The normalized spacial score (nSPS) is 18.1. The maximum Gasteiger partial charge on any atom is 0.269 e. The fraction of sp³-hybridized carbons (Fsp3) is 0.318. The van der Waals surface area contributed by atoms with Gasteiger partial charge in [0.2, 0.25) is 5.95 Å². The number of halogens is 1. The van der Waals surface area contributed by atoms with Crippen molar-refractivity contribution in [2.45, 2.75) is 37.8 Å². The number of fused-ring (bicyclic) bond motifs is 1. The van der Waals surface area contributed by atoms with Gasteiger partial charge in [-0.25, -0.2) is 4.52 Å². The topological polar surface area (TPSA) is 116 Å². The molecular weight excluding hydrogens is 486 g/mol. The van der Waals surface area contributed by atoms with E-state index in [1.54, 1.807) is 6.07 Å². The Labute approximate surface area is 197 Å². The Morgan fingerprint density at radius 1 is 1.18 bits per heavy atom. The van der Waals surface area contributed by atoms with Crippen LogP contribution in [0.15, 0.2) is 47.2 Å². The van der Waals surface area contributed by atoms with Crippen molar-refractivity contribution in [2.75, 3.05) is 16.8 Å². The van der Waals surface area contributed by atoms with E-state index < -0.39 is 0 Å². The molecule has 0 spiro atoms. The lowest BCUT2D eigenvalue weighted by molar-refractivity contribution is 0.0946. The van der Waals surface area contributed by atoms with Crippen molar-refractivity contribution in [1.82, 2.24) is 35.1 Å². The SMILES string of the molecule is O=C(NC1CC1)c1cc(Nc2nc(N3CCCC3c3ccccn3)nn3c(Br)ccc23)n[nH]1. The number of pyridine rings is 1. The molecule has 1 atom stereocenters. The van der Waals surface area contributed by atoms with E-state index >= 15 is 0 Å². The van der Waals surface area contributed by atoms with Gasteiger partial charge in [0.15, 0.2) is 11.6 Å². The van der Waals surface area contributed by atoms with E-state index in [1.807, 2.05) is 41.0 Å². The first-order valence-corrected chi connectivity index (χ1v) is 11.8. The molecule has 4 aromatic rings. The number of amides is 1. The van der Waals surface area contributed by atoms with Crippen LogP contribution in [0.25, 0.3) is 5.52 Å². The third-order valence-electron chi connectivity index (χ3n) is 5.97. The molecule has 168 valence electrons. The van der Waals surface area contributed by atoms with Gasteiger partial charge in [-0.15, -0.1) is 5.10 Å². The molecule has 1 unspecified atom stereocenters. The minimum atomic E-state index is -0.146. The van der Waals surface area contributed by atoms with Crippen molar-refractivity contribution in [3.8, 4) is 0 Å². The van der Waals surface area contributed by atoms with E-state index in [0.29, 0.717) is 23.3 Å². The van der Waals surface area contributed by atoms with Gasteiger partial charge in [0.1, 0.15) is 15.8 Å². The van der Waals surface area contributed by atoms with Crippen LogP contribution in [0.4, 0.5) is 17.6 Å². The second-order valence-electron chi connectivity index (χ2n) is 8.36.